The molecule has 2 aromatic rings. The molecule has 29 heavy (non-hydrogen) atoms. The predicted molar refractivity (Wildman–Crippen MR) is 108 cm³/mol. The molecular formula is C21H18ClNO6. The van der Waals surface area contributed by atoms with Crippen molar-refractivity contribution in [1.82, 2.24) is 0 Å². The molecule has 0 N–H and O–H groups in total. The van der Waals surface area contributed by atoms with Gasteiger partial charge in [0.1, 0.15) is 5.75 Å². The highest BCUT2D eigenvalue weighted by Gasteiger charge is 2.24. The molecule has 3 rings (SSSR count). The Morgan fingerprint density at radius 2 is 1.97 bits per heavy atom. The third-order valence-electron chi connectivity index (χ3n) is 3.84. The van der Waals surface area contributed by atoms with Gasteiger partial charge in [-0.3, -0.25) is 4.79 Å². The van der Waals surface area contributed by atoms with Crippen LogP contribution in [0.5, 0.6) is 17.2 Å². The Hall–Kier alpha value is -3.32. The Morgan fingerprint density at radius 3 is 2.59 bits per heavy atom. The third-order valence-corrected chi connectivity index (χ3v) is 4.12. The lowest BCUT2D eigenvalue weighted by atomic mass is 10.1. The summed E-state index contributed by atoms with van der Waals surface area (Å²) in [6.45, 7) is 3.40. The van der Waals surface area contributed by atoms with E-state index in [2.05, 4.69) is 4.99 Å². The van der Waals surface area contributed by atoms with Gasteiger partial charge in [0.05, 0.1) is 18.7 Å². The zero-order valence-corrected chi connectivity index (χ0v) is 16.8. The van der Waals surface area contributed by atoms with E-state index in [4.69, 9.17) is 30.5 Å². The van der Waals surface area contributed by atoms with Crippen LogP contribution in [0.3, 0.4) is 0 Å². The van der Waals surface area contributed by atoms with Crippen molar-refractivity contribution in [3.8, 4) is 17.2 Å². The quantitative estimate of drug-likeness (QED) is 0.402. The topological polar surface area (TPSA) is 83.4 Å². The van der Waals surface area contributed by atoms with Crippen molar-refractivity contribution in [3.05, 3.63) is 58.2 Å². The maximum Gasteiger partial charge on any atom is 0.363 e. The van der Waals surface area contributed by atoms with Crippen LogP contribution in [0.2, 0.25) is 5.02 Å². The molecule has 0 saturated heterocycles. The summed E-state index contributed by atoms with van der Waals surface area (Å²) >= 11 is 6.24. The molecule has 0 bridgehead atoms. The van der Waals surface area contributed by atoms with Crippen molar-refractivity contribution in [3.63, 3.8) is 0 Å². The van der Waals surface area contributed by atoms with Crippen LogP contribution in [0.25, 0.3) is 6.08 Å². The lowest BCUT2D eigenvalue weighted by Crippen LogP contribution is -2.05. The molecule has 7 nitrogen and oxygen atoms in total. The van der Waals surface area contributed by atoms with Gasteiger partial charge < -0.3 is 18.9 Å². The molecule has 0 aliphatic carbocycles. The zero-order valence-electron chi connectivity index (χ0n) is 16.0. The van der Waals surface area contributed by atoms with Crippen LogP contribution in [0.4, 0.5) is 0 Å². The third kappa shape index (κ3) is 4.75. The van der Waals surface area contributed by atoms with E-state index in [9.17, 15) is 9.59 Å². The SMILES string of the molecule is CCOc1cc(C=C2N=C(c3ccc(OC)cc3)OC2=O)cc(Cl)c1OC(C)=O. The number of benzene rings is 2. The molecule has 0 amide bonds. The van der Waals surface area contributed by atoms with E-state index >= 15 is 0 Å². The van der Waals surface area contributed by atoms with Gasteiger partial charge in [0.15, 0.2) is 17.2 Å². The van der Waals surface area contributed by atoms with Crippen molar-refractivity contribution >= 4 is 35.5 Å². The minimum atomic E-state index is -0.589. The summed E-state index contributed by atoms with van der Waals surface area (Å²) in [5, 5.41) is 0.170. The Kier molecular flexibility index (Phi) is 6.19. The van der Waals surface area contributed by atoms with Gasteiger partial charge in [-0.1, -0.05) is 11.6 Å². The number of carbonyl (C=O) groups is 2. The molecule has 0 aromatic heterocycles. The maximum atomic E-state index is 12.2. The predicted octanol–water partition coefficient (Wildman–Crippen LogP) is 4.02. The van der Waals surface area contributed by atoms with Gasteiger partial charge in [-0.2, -0.15) is 0 Å². The highest BCUT2D eigenvalue weighted by atomic mass is 35.5. The number of aliphatic imine (C=N–C) groups is 1. The number of esters is 2. The van der Waals surface area contributed by atoms with Crippen molar-refractivity contribution in [2.24, 2.45) is 4.99 Å². The van der Waals surface area contributed by atoms with Crippen LogP contribution in [0, 0.1) is 0 Å². The summed E-state index contributed by atoms with van der Waals surface area (Å²) in [7, 11) is 1.57. The first-order valence-corrected chi connectivity index (χ1v) is 9.10. The first kappa shape index (κ1) is 20.4. The van der Waals surface area contributed by atoms with Gasteiger partial charge in [0.25, 0.3) is 0 Å². The second kappa shape index (κ2) is 8.79. The van der Waals surface area contributed by atoms with Gasteiger partial charge in [-0.05, 0) is 55.0 Å². The number of rotatable bonds is 6. The van der Waals surface area contributed by atoms with E-state index in [-0.39, 0.29) is 28.1 Å². The van der Waals surface area contributed by atoms with Crippen molar-refractivity contribution in [1.29, 1.82) is 0 Å². The average Bonchev–Trinajstić information content (AvgIpc) is 3.05. The molecule has 0 fully saturated rings. The second-order valence-electron chi connectivity index (χ2n) is 5.92. The second-order valence-corrected chi connectivity index (χ2v) is 6.33. The summed E-state index contributed by atoms with van der Waals surface area (Å²) in [4.78, 5) is 27.8. The van der Waals surface area contributed by atoms with Crippen LogP contribution in [0.1, 0.15) is 25.0 Å². The number of ether oxygens (including phenoxy) is 4. The van der Waals surface area contributed by atoms with Crippen LogP contribution in [0.15, 0.2) is 47.1 Å². The Balaban J connectivity index is 1.94. The number of hydrogen-bond donors (Lipinski definition) is 0. The van der Waals surface area contributed by atoms with Gasteiger partial charge in [-0.15, -0.1) is 0 Å². The van der Waals surface area contributed by atoms with E-state index < -0.39 is 11.9 Å². The van der Waals surface area contributed by atoms with E-state index in [1.165, 1.54) is 13.0 Å². The minimum Gasteiger partial charge on any atom is -0.497 e. The normalized spacial score (nSPS) is 14.4. The fourth-order valence-corrected chi connectivity index (χ4v) is 2.86. The van der Waals surface area contributed by atoms with E-state index in [0.717, 1.165) is 0 Å². The largest absolute Gasteiger partial charge is 0.497 e. The number of carbonyl (C=O) groups excluding carboxylic acids is 2. The lowest BCUT2D eigenvalue weighted by Gasteiger charge is -2.12. The summed E-state index contributed by atoms with van der Waals surface area (Å²) in [6.07, 6.45) is 1.52. The maximum absolute atomic E-state index is 12.2. The monoisotopic (exact) mass is 415 g/mol. The fourth-order valence-electron chi connectivity index (χ4n) is 2.60. The number of hydrogen-bond acceptors (Lipinski definition) is 7. The van der Waals surface area contributed by atoms with Crippen LogP contribution in [-0.4, -0.2) is 31.6 Å². The summed E-state index contributed by atoms with van der Waals surface area (Å²) in [5.41, 5.74) is 1.29. The standard InChI is InChI=1S/C21H18ClNO6/c1-4-27-18-11-13(9-16(22)19(18)28-12(2)24)10-17-21(25)29-20(23-17)14-5-7-15(26-3)8-6-14/h5-11H,4H2,1-3H3. The molecule has 0 atom stereocenters. The van der Waals surface area contributed by atoms with E-state index in [1.54, 1.807) is 50.4 Å². The summed E-state index contributed by atoms with van der Waals surface area (Å²) < 4.78 is 21.0. The first-order chi connectivity index (χ1) is 13.9. The highest BCUT2D eigenvalue weighted by molar-refractivity contribution is 6.32. The zero-order chi connectivity index (χ0) is 21.0. The smallest absolute Gasteiger partial charge is 0.363 e. The molecule has 1 aliphatic heterocycles. The van der Waals surface area contributed by atoms with Crippen molar-refractivity contribution in [2.45, 2.75) is 13.8 Å². The number of nitrogens with zero attached hydrogens (tertiary/aromatic N) is 1. The first-order valence-electron chi connectivity index (χ1n) is 8.73. The van der Waals surface area contributed by atoms with Gasteiger partial charge in [-0.25, -0.2) is 9.79 Å². The lowest BCUT2D eigenvalue weighted by molar-refractivity contribution is -0.132. The number of methoxy groups -OCH3 is 1. The summed E-state index contributed by atoms with van der Waals surface area (Å²) in [6, 6.07) is 10.1. The van der Waals surface area contributed by atoms with E-state index in [0.29, 0.717) is 23.5 Å². The van der Waals surface area contributed by atoms with E-state index in [1.807, 2.05) is 0 Å². The van der Waals surface area contributed by atoms with Crippen LogP contribution < -0.4 is 14.2 Å². The Bertz CT molecular complexity index is 1010. The van der Waals surface area contributed by atoms with Crippen LogP contribution >= 0.6 is 11.6 Å². The molecule has 1 heterocycles. The fraction of sp³-hybridized carbons (Fsp3) is 0.190. The van der Waals surface area contributed by atoms with Gasteiger partial charge in [0.2, 0.25) is 5.90 Å². The molecule has 0 saturated carbocycles. The van der Waals surface area contributed by atoms with Crippen molar-refractivity contribution < 1.29 is 28.5 Å². The number of cyclic esters (lactones) is 1. The number of halogens is 1. The average molecular weight is 416 g/mol. The van der Waals surface area contributed by atoms with Gasteiger partial charge in [0, 0.05) is 12.5 Å². The molecule has 8 heteroatoms. The minimum absolute atomic E-state index is 0.106. The molecular weight excluding hydrogens is 398 g/mol. The molecule has 2 aromatic carbocycles. The Morgan fingerprint density at radius 1 is 1.24 bits per heavy atom. The molecule has 0 unspecified atom stereocenters. The molecule has 0 spiro atoms. The molecule has 150 valence electrons. The Labute approximate surface area is 172 Å². The van der Waals surface area contributed by atoms with Crippen LogP contribution in [-0.2, 0) is 14.3 Å². The van der Waals surface area contributed by atoms with Gasteiger partial charge >= 0.3 is 11.9 Å². The molecule has 0 radical (unpaired) electrons. The summed E-state index contributed by atoms with van der Waals surface area (Å²) in [5.74, 6) is 0.172. The van der Waals surface area contributed by atoms with Crippen molar-refractivity contribution in [2.75, 3.05) is 13.7 Å². The molecule has 1 aliphatic rings. The highest BCUT2D eigenvalue weighted by Crippen LogP contribution is 2.37.